The van der Waals surface area contributed by atoms with E-state index in [0.717, 1.165) is 17.7 Å². The van der Waals surface area contributed by atoms with E-state index < -0.39 is 0 Å². The quantitative estimate of drug-likeness (QED) is 0.479. The van der Waals surface area contributed by atoms with Crippen molar-refractivity contribution in [3.63, 3.8) is 0 Å². The first-order chi connectivity index (χ1) is 9.76. The van der Waals surface area contributed by atoms with Crippen molar-refractivity contribution < 1.29 is 0 Å². The molecular weight excluding hydrogens is 367 g/mol. The maximum atomic E-state index is 6.16. The summed E-state index contributed by atoms with van der Waals surface area (Å²) in [5, 5.41) is 2.38. The molecule has 0 unspecified atom stereocenters. The summed E-state index contributed by atoms with van der Waals surface area (Å²) < 4.78 is 0. The third-order valence-electron chi connectivity index (χ3n) is 5.12. The molecule has 0 radical (unpaired) electrons. The highest BCUT2D eigenvalue weighted by molar-refractivity contribution is 9.09. The van der Waals surface area contributed by atoms with Crippen LogP contribution in [0.4, 0.5) is 0 Å². The molecule has 0 bridgehead atoms. The molecule has 1 aliphatic carbocycles. The summed E-state index contributed by atoms with van der Waals surface area (Å²) in [5.41, 5.74) is 2.11. The molecule has 118 valence electrons. The van der Waals surface area contributed by atoms with Crippen LogP contribution in [0.15, 0.2) is 18.2 Å². The van der Waals surface area contributed by atoms with Crippen molar-refractivity contribution in [2.45, 2.75) is 52.9 Å². The van der Waals surface area contributed by atoms with Gasteiger partial charge in [-0.25, -0.2) is 0 Å². The first-order valence-electron chi connectivity index (χ1n) is 7.76. The van der Waals surface area contributed by atoms with E-state index in [-0.39, 0.29) is 0 Å². The van der Waals surface area contributed by atoms with Gasteiger partial charge in [-0.3, -0.25) is 0 Å². The van der Waals surface area contributed by atoms with Crippen LogP contribution in [0.3, 0.4) is 0 Å². The summed E-state index contributed by atoms with van der Waals surface area (Å²) in [5.74, 6) is 0.846. The normalized spacial score (nSPS) is 26.9. The third kappa shape index (κ3) is 4.39. The van der Waals surface area contributed by atoms with Gasteiger partial charge in [0, 0.05) is 5.33 Å². The van der Waals surface area contributed by atoms with E-state index in [9.17, 15) is 0 Å². The van der Waals surface area contributed by atoms with Gasteiger partial charge in [0.05, 0.1) is 10.0 Å². The molecule has 0 amide bonds. The van der Waals surface area contributed by atoms with Crippen LogP contribution in [-0.4, -0.2) is 5.33 Å². The number of hydrogen-bond acceptors (Lipinski definition) is 0. The van der Waals surface area contributed by atoms with Crippen LogP contribution in [0.5, 0.6) is 0 Å². The fraction of sp³-hybridized carbons (Fsp3) is 0.667. The van der Waals surface area contributed by atoms with Gasteiger partial charge < -0.3 is 0 Å². The average molecular weight is 392 g/mol. The van der Waals surface area contributed by atoms with Gasteiger partial charge in [-0.15, -0.1) is 0 Å². The maximum Gasteiger partial charge on any atom is 0.0595 e. The second-order valence-electron chi connectivity index (χ2n) is 7.70. The molecule has 1 saturated carbocycles. The fourth-order valence-corrected chi connectivity index (χ4v) is 4.62. The van der Waals surface area contributed by atoms with Crippen molar-refractivity contribution in [1.29, 1.82) is 0 Å². The van der Waals surface area contributed by atoms with Gasteiger partial charge in [0.1, 0.15) is 0 Å². The first kappa shape index (κ1) is 17.6. The summed E-state index contributed by atoms with van der Waals surface area (Å²) in [4.78, 5) is 0. The van der Waals surface area contributed by atoms with Crippen molar-refractivity contribution in [2.24, 2.45) is 16.7 Å². The minimum absolute atomic E-state index is 0.374. The Kier molecular flexibility index (Phi) is 5.71. The molecule has 0 saturated heterocycles. The van der Waals surface area contributed by atoms with E-state index >= 15 is 0 Å². The molecule has 2 rings (SSSR count). The minimum Gasteiger partial charge on any atom is -0.0922 e. The zero-order chi connectivity index (χ0) is 15.7. The lowest BCUT2D eigenvalue weighted by atomic mass is 9.63. The lowest BCUT2D eigenvalue weighted by molar-refractivity contribution is 0.103. The van der Waals surface area contributed by atoms with Crippen LogP contribution in [0, 0.1) is 16.7 Å². The van der Waals surface area contributed by atoms with E-state index in [1.807, 2.05) is 12.1 Å². The van der Waals surface area contributed by atoms with Gasteiger partial charge in [-0.05, 0) is 66.5 Å². The number of benzene rings is 1. The standard InChI is InChI=1S/C18H25BrCl2/c1-17(2,3)14-6-8-18(12-19,9-7-14)11-13-4-5-15(20)16(21)10-13/h4-5,10,14H,6-9,11-12H2,1-3H3. The van der Waals surface area contributed by atoms with Crippen LogP contribution in [0.25, 0.3) is 0 Å². The van der Waals surface area contributed by atoms with Gasteiger partial charge in [-0.1, -0.05) is 66.0 Å². The largest absolute Gasteiger partial charge is 0.0922 e. The summed E-state index contributed by atoms with van der Waals surface area (Å²) >= 11 is 15.9. The van der Waals surface area contributed by atoms with Crippen molar-refractivity contribution >= 4 is 39.1 Å². The number of alkyl halides is 1. The molecule has 0 spiro atoms. The minimum atomic E-state index is 0.374. The third-order valence-corrected chi connectivity index (χ3v) is 7.05. The molecule has 0 atom stereocenters. The summed E-state index contributed by atoms with van der Waals surface area (Å²) in [6, 6.07) is 6.07. The predicted molar refractivity (Wildman–Crippen MR) is 97.8 cm³/mol. The Balaban J connectivity index is 2.08. The molecule has 0 N–H and O–H groups in total. The van der Waals surface area contributed by atoms with Crippen molar-refractivity contribution in [3.8, 4) is 0 Å². The molecule has 1 aromatic carbocycles. The van der Waals surface area contributed by atoms with E-state index in [4.69, 9.17) is 23.2 Å². The van der Waals surface area contributed by atoms with Gasteiger partial charge in [0.25, 0.3) is 0 Å². The predicted octanol–water partition coefficient (Wildman–Crippen LogP) is 7.15. The highest BCUT2D eigenvalue weighted by Crippen LogP contribution is 2.47. The Morgan fingerprint density at radius 2 is 1.76 bits per heavy atom. The monoisotopic (exact) mass is 390 g/mol. The van der Waals surface area contributed by atoms with Crippen LogP contribution < -0.4 is 0 Å². The topological polar surface area (TPSA) is 0 Å². The molecule has 21 heavy (non-hydrogen) atoms. The van der Waals surface area contributed by atoms with Crippen LogP contribution in [-0.2, 0) is 6.42 Å². The van der Waals surface area contributed by atoms with E-state index in [1.165, 1.54) is 31.2 Å². The Morgan fingerprint density at radius 1 is 1.14 bits per heavy atom. The van der Waals surface area contributed by atoms with Crippen molar-refractivity contribution in [3.05, 3.63) is 33.8 Å². The van der Waals surface area contributed by atoms with Gasteiger partial charge in [0.2, 0.25) is 0 Å². The van der Waals surface area contributed by atoms with E-state index in [2.05, 4.69) is 42.8 Å². The fourth-order valence-electron chi connectivity index (χ4n) is 3.54. The Morgan fingerprint density at radius 3 is 2.24 bits per heavy atom. The molecular formula is C18H25BrCl2. The van der Waals surface area contributed by atoms with Gasteiger partial charge in [0.15, 0.2) is 0 Å². The Hall–Kier alpha value is 0.280. The lowest BCUT2D eigenvalue weighted by Crippen LogP contribution is -2.35. The smallest absolute Gasteiger partial charge is 0.0595 e. The first-order valence-corrected chi connectivity index (χ1v) is 9.63. The number of halogens is 3. The second-order valence-corrected chi connectivity index (χ2v) is 9.07. The summed E-state index contributed by atoms with van der Waals surface area (Å²) in [7, 11) is 0. The highest BCUT2D eigenvalue weighted by Gasteiger charge is 2.38. The number of hydrogen-bond donors (Lipinski definition) is 0. The van der Waals surface area contributed by atoms with Crippen LogP contribution in [0.1, 0.15) is 52.0 Å². The van der Waals surface area contributed by atoms with Gasteiger partial charge in [-0.2, -0.15) is 0 Å². The zero-order valence-electron chi connectivity index (χ0n) is 13.2. The van der Waals surface area contributed by atoms with Crippen molar-refractivity contribution in [1.82, 2.24) is 0 Å². The molecule has 1 aromatic rings. The van der Waals surface area contributed by atoms with Crippen LogP contribution >= 0.6 is 39.1 Å². The molecule has 0 heterocycles. The SMILES string of the molecule is CC(C)(C)C1CCC(CBr)(Cc2ccc(Cl)c(Cl)c2)CC1. The average Bonchev–Trinajstić information content (AvgIpc) is 2.42. The molecule has 0 aromatic heterocycles. The molecule has 0 aliphatic heterocycles. The van der Waals surface area contributed by atoms with E-state index in [1.54, 1.807) is 0 Å². The molecule has 1 aliphatic rings. The van der Waals surface area contributed by atoms with Crippen molar-refractivity contribution in [2.75, 3.05) is 5.33 Å². The summed E-state index contributed by atoms with van der Waals surface area (Å²) in [6.07, 6.45) is 6.33. The molecule has 0 nitrogen and oxygen atoms in total. The van der Waals surface area contributed by atoms with Crippen LogP contribution in [0.2, 0.25) is 10.0 Å². The Labute approximate surface area is 147 Å². The van der Waals surface area contributed by atoms with E-state index in [0.29, 0.717) is 20.9 Å². The summed E-state index contributed by atoms with van der Waals surface area (Å²) in [6.45, 7) is 7.12. The zero-order valence-corrected chi connectivity index (χ0v) is 16.3. The Bertz CT molecular complexity index is 482. The molecule has 3 heteroatoms. The number of rotatable bonds is 3. The highest BCUT2D eigenvalue weighted by atomic mass is 79.9. The molecule has 1 fully saturated rings. The second kappa shape index (κ2) is 6.81. The lowest BCUT2D eigenvalue weighted by Gasteiger charge is -2.43. The van der Waals surface area contributed by atoms with Gasteiger partial charge >= 0.3 is 0 Å². The maximum absolute atomic E-state index is 6.16.